The molecule has 0 radical (unpaired) electrons. The molecule has 0 aliphatic carbocycles. The van der Waals surface area contributed by atoms with Crippen molar-refractivity contribution in [3.05, 3.63) is 54.2 Å². The molecule has 1 fully saturated rings. The molecule has 0 spiro atoms. The maximum absolute atomic E-state index is 6.06. The topological polar surface area (TPSA) is 43.4 Å². The second-order valence-corrected chi connectivity index (χ2v) is 6.90. The van der Waals surface area contributed by atoms with Crippen molar-refractivity contribution in [1.29, 1.82) is 0 Å². The van der Waals surface area contributed by atoms with Gasteiger partial charge in [0.15, 0.2) is 0 Å². The molecule has 0 atom stereocenters. The Morgan fingerprint density at radius 1 is 1.00 bits per heavy atom. The van der Waals surface area contributed by atoms with Crippen LogP contribution in [-0.4, -0.2) is 23.3 Å². The highest BCUT2D eigenvalue weighted by atomic mass is 16.7. The van der Waals surface area contributed by atoms with Crippen molar-refractivity contribution in [2.24, 2.45) is 0 Å². The largest absolute Gasteiger partial charge is 0.514 e. The van der Waals surface area contributed by atoms with Gasteiger partial charge in [-0.05, 0) is 45.4 Å². The predicted molar refractivity (Wildman–Crippen MR) is 93.7 cm³/mol. The fourth-order valence-corrected chi connectivity index (χ4v) is 2.45. The second kappa shape index (κ2) is 5.98. The van der Waals surface area contributed by atoms with E-state index < -0.39 is 7.12 Å². The van der Waals surface area contributed by atoms with E-state index in [0.29, 0.717) is 0 Å². The van der Waals surface area contributed by atoms with Gasteiger partial charge in [0.1, 0.15) is 0 Å². The lowest BCUT2D eigenvalue weighted by atomic mass is 9.84. The number of benzene rings is 1. The van der Waals surface area contributed by atoms with Gasteiger partial charge in [-0.15, -0.1) is 0 Å². The van der Waals surface area contributed by atoms with Gasteiger partial charge in [-0.25, -0.2) is 0 Å². The molecule has 1 aromatic heterocycles. The van der Waals surface area contributed by atoms with Gasteiger partial charge < -0.3 is 14.6 Å². The lowest BCUT2D eigenvalue weighted by molar-refractivity contribution is 0.00578. The summed E-state index contributed by atoms with van der Waals surface area (Å²) >= 11 is 0. The van der Waals surface area contributed by atoms with Crippen LogP contribution in [0.3, 0.4) is 0 Å². The van der Waals surface area contributed by atoms with Crippen LogP contribution in [0.2, 0.25) is 0 Å². The zero-order chi connectivity index (χ0) is 16.5. The lowest BCUT2D eigenvalue weighted by Gasteiger charge is -2.32. The summed E-state index contributed by atoms with van der Waals surface area (Å²) < 4.78 is 12.1. The van der Waals surface area contributed by atoms with Gasteiger partial charge in [0.05, 0.1) is 16.8 Å². The SMILES string of the molecule is CC1(C)OB(c2cc(NCc3ccccc3)ccn2)OC1(C)C. The minimum Gasteiger partial charge on any atom is -0.398 e. The van der Waals surface area contributed by atoms with E-state index in [9.17, 15) is 0 Å². The molecule has 1 aromatic carbocycles. The van der Waals surface area contributed by atoms with Gasteiger partial charge in [-0.1, -0.05) is 30.3 Å². The monoisotopic (exact) mass is 310 g/mol. The fraction of sp³-hybridized carbons (Fsp3) is 0.389. The van der Waals surface area contributed by atoms with Gasteiger partial charge in [-0.2, -0.15) is 0 Å². The molecule has 1 N–H and O–H groups in total. The third kappa shape index (κ3) is 3.41. The summed E-state index contributed by atoms with van der Waals surface area (Å²) in [7, 11) is -0.432. The van der Waals surface area contributed by atoms with Crippen molar-refractivity contribution in [2.45, 2.75) is 45.4 Å². The third-order valence-corrected chi connectivity index (χ3v) is 4.62. The molecule has 1 aliphatic heterocycles. The van der Waals surface area contributed by atoms with Crippen molar-refractivity contribution >= 4 is 18.4 Å². The number of aromatic nitrogens is 1. The third-order valence-electron chi connectivity index (χ3n) is 4.62. The van der Waals surface area contributed by atoms with E-state index in [1.165, 1.54) is 5.56 Å². The molecule has 0 amide bonds. The quantitative estimate of drug-likeness (QED) is 0.882. The molecule has 0 saturated carbocycles. The van der Waals surface area contributed by atoms with Crippen molar-refractivity contribution in [2.75, 3.05) is 5.32 Å². The van der Waals surface area contributed by atoms with Crippen LogP contribution in [0.5, 0.6) is 0 Å². The summed E-state index contributed by atoms with van der Waals surface area (Å²) in [5.74, 6) is 0. The molecule has 5 heteroatoms. The summed E-state index contributed by atoms with van der Waals surface area (Å²) in [4.78, 5) is 4.42. The Labute approximate surface area is 138 Å². The van der Waals surface area contributed by atoms with Crippen LogP contribution in [-0.2, 0) is 15.9 Å². The number of hydrogen-bond donors (Lipinski definition) is 1. The normalized spacial score (nSPS) is 18.9. The van der Waals surface area contributed by atoms with Crippen LogP contribution < -0.4 is 10.9 Å². The Balaban J connectivity index is 1.71. The molecule has 120 valence electrons. The zero-order valence-corrected chi connectivity index (χ0v) is 14.2. The summed E-state index contributed by atoms with van der Waals surface area (Å²) in [5, 5.41) is 3.42. The van der Waals surface area contributed by atoms with E-state index in [2.05, 4.69) is 22.4 Å². The average molecular weight is 310 g/mol. The first-order valence-electron chi connectivity index (χ1n) is 7.97. The van der Waals surface area contributed by atoms with Gasteiger partial charge in [0.25, 0.3) is 0 Å². The fourth-order valence-electron chi connectivity index (χ4n) is 2.45. The Kier molecular flexibility index (Phi) is 4.17. The summed E-state index contributed by atoms with van der Waals surface area (Å²) in [6.07, 6.45) is 1.79. The van der Waals surface area contributed by atoms with Crippen LogP contribution in [0.4, 0.5) is 5.69 Å². The van der Waals surface area contributed by atoms with Crippen molar-refractivity contribution in [3.63, 3.8) is 0 Å². The Bertz CT molecular complexity index is 658. The maximum atomic E-state index is 6.06. The van der Waals surface area contributed by atoms with Crippen molar-refractivity contribution < 1.29 is 9.31 Å². The standard InChI is InChI=1S/C18H23BN2O2/c1-17(2)18(3,4)23-19(22-17)16-12-15(10-11-20-16)21-13-14-8-6-5-7-9-14/h5-12H,13H2,1-4H3,(H,20,21). The first-order chi connectivity index (χ1) is 10.9. The first kappa shape index (κ1) is 16.0. The molecule has 2 aromatic rings. The molecule has 23 heavy (non-hydrogen) atoms. The van der Waals surface area contributed by atoms with Crippen LogP contribution in [0.15, 0.2) is 48.7 Å². The van der Waals surface area contributed by atoms with E-state index in [0.717, 1.165) is 17.8 Å². The second-order valence-electron chi connectivity index (χ2n) is 6.90. The van der Waals surface area contributed by atoms with Gasteiger partial charge >= 0.3 is 7.12 Å². The Morgan fingerprint density at radius 2 is 1.65 bits per heavy atom. The maximum Gasteiger partial charge on any atom is 0.514 e. The molecular weight excluding hydrogens is 287 g/mol. The van der Waals surface area contributed by atoms with Crippen molar-refractivity contribution in [3.8, 4) is 0 Å². The Hall–Kier alpha value is -1.85. The van der Waals surface area contributed by atoms with Crippen LogP contribution in [0.1, 0.15) is 33.3 Å². The highest BCUT2D eigenvalue weighted by molar-refractivity contribution is 6.61. The Morgan fingerprint density at radius 3 is 2.30 bits per heavy atom. The number of nitrogens with one attached hydrogen (secondary N) is 1. The molecule has 0 unspecified atom stereocenters. The number of nitrogens with zero attached hydrogens (tertiary/aromatic N) is 1. The van der Waals surface area contributed by atoms with Crippen molar-refractivity contribution in [1.82, 2.24) is 4.98 Å². The number of anilines is 1. The van der Waals surface area contributed by atoms with Gasteiger partial charge in [0.2, 0.25) is 0 Å². The average Bonchev–Trinajstić information content (AvgIpc) is 2.75. The summed E-state index contributed by atoms with van der Waals surface area (Å²) in [5.41, 5.74) is 2.33. The van der Waals surface area contributed by atoms with Gasteiger partial charge in [0, 0.05) is 18.4 Å². The predicted octanol–water partition coefficient (Wildman–Crippen LogP) is 2.99. The van der Waals surface area contributed by atoms with Gasteiger partial charge in [-0.3, -0.25) is 4.98 Å². The van der Waals surface area contributed by atoms with E-state index in [1.807, 2.05) is 58.0 Å². The molecular formula is C18H23BN2O2. The zero-order valence-electron chi connectivity index (χ0n) is 14.2. The van der Waals surface area contributed by atoms with E-state index in [1.54, 1.807) is 6.20 Å². The summed E-state index contributed by atoms with van der Waals surface area (Å²) in [6, 6.07) is 14.3. The smallest absolute Gasteiger partial charge is 0.398 e. The van der Waals surface area contributed by atoms with Crippen LogP contribution in [0.25, 0.3) is 0 Å². The molecule has 0 bridgehead atoms. The molecule has 1 aliphatic rings. The van der Waals surface area contributed by atoms with E-state index in [4.69, 9.17) is 9.31 Å². The first-order valence-corrected chi connectivity index (χ1v) is 7.97. The molecule has 4 nitrogen and oxygen atoms in total. The minimum atomic E-state index is -0.432. The van der Waals surface area contributed by atoms with E-state index >= 15 is 0 Å². The number of rotatable bonds is 4. The summed E-state index contributed by atoms with van der Waals surface area (Å²) in [6.45, 7) is 8.96. The highest BCUT2D eigenvalue weighted by Gasteiger charge is 2.52. The number of hydrogen-bond acceptors (Lipinski definition) is 4. The van der Waals surface area contributed by atoms with Crippen LogP contribution >= 0.6 is 0 Å². The molecule has 2 heterocycles. The lowest BCUT2D eigenvalue weighted by Crippen LogP contribution is -2.41. The molecule has 3 rings (SSSR count). The highest BCUT2D eigenvalue weighted by Crippen LogP contribution is 2.36. The molecule has 1 saturated heterocycles. The van der Waals surface area contributed by atoms with Crippen LogP contribution in [0, 0.1) is 0 Å². The van der Waals surface area contributed by atoms with E-state index in [-0.39, 0.29) is 11.2 Å². The number of pyridine rings is 1. The minimum absolute atomic E-state index is 0.354.